The van der Waals surface area contributed by atoms with E-state index in [-0.39, 0.29) is 17.4 Å². The highest BCUT2D eigenvalue weighted by Gasteiger charge is 2.46. The van der Waals surface area contributed by atoms with Gasteiger partial charge in [-0.05, 0) is 80.6 Å². The zero-order valence-corrected chi connectivity index (χ0v) is 21.2. The number of aromatic carboxylic acids is 1. The van der Waals surface area contributed by atoms with Crippen LogP contribution in [0, 0.1) is 0 Å². The molecule has 0 spiro atoms. The quantitative estimate of drug-likeness (QED) is 0.235. The smallest absolute Gasteiger partial charge is 0.335 e. The summed E-state index contributed by atoms with van der Waals surface area (Å²) in [4.78, 5) is 12.1. The van der Waals surface area contributed by atoms with E-state index in [1.54, 1.807) is 6.07 Å². The average Bonchev–Trinajstić information content (AvgIpc) is 3.15. The number of carbonyl (C=O) groups is 1. The summed E-state index contributed by atoms with van der Waals surface area (Å²) < 4.78 is 0. The number of carboxylic acid groups (broad SMARTS) is 1. The number of carboxylic acids is 1. The summed E-state index contributed by atoms with van der Waals surface area (Å²) in [5.41, 5.74) is 22.4. The maximum Gasteiger partial charge on any atom is 0.335 e. The third kappa shape index (κ3) is 3.40. The molecular weight excluding hydrogens is 444 g/mol. The number of benzene rings is 4. The number of nitrogens with two attached hydrogens (primary N) is 2. The molecule has 0 atom stereocenters. The minimum absolute atomic E-state index is 0.237. The Morgan fingerprint density at radius 2 is 1.22 bits per heavy atom. The van der Waals surface area contributed by atoms with Crippen molar-refractivity contribution in [1.29, 1.82) is 0 Å². The molecular formula is C32H32N2O2. The minimum atomic E-state index is -0.942. The molecule has 4 aromatic carbocycles. The fourth-order valence-electron chi connectivity index (χ4n) is 5.82. The molecule has 0 bridgehead atoms. The fraction of sp³-hybridized carbons (Fsp3) is 0.219. The first-order valence-electron chi connectivity index (χ1n) is 12.4. The van der Waals surface area contributed by atoms with Gasteiger partial charge in [0, 0.05) is 11.4 Å². The number of nitrogen functional groups attached to an aromatic ring is 2. The van der Waals surface area contributed by atoms with Crippen molar-refractivity contribution in [3.63, 3.8) is 0 Å². The van der Waals surface area contributed by atoms with Crippen molar-refractivity contribution in [2.45, 2.75) is 44.9 Å². The van der Waals surface area contributed by atoms with Crippen molar-refractivity contribution in [3.05, 3.63) is 118 Å². The van der Waals surface area contributed by atoms with Crippen LogP contribution in [-0.2, 0) is 5.41 Å². The third-order valence-corrected chi connectivity index (χ3v) is 7.58. The molecule has 0 aliphatic heterocycles. The lowest BCUT2D eigenvalue weighted by molar-refractivity contribution is 0.0696. The lowest BCUT2D eigenvalue weighted by Crippen LogP contribution is -2.29. The lowest BCUT2D eigenvalue weighted by Gasteiger charge is -2.35. The molecule has 0 heterocycles. The predicted molar refractivity (Wildman–Crippen MR) is 148 cm³/mol. The summed E-state index contributed by atoms with van der Waals surface area (Å²) in [6.07, 6.45) is 0. The van der Waals surface area contributed by atoms with Crippen LogP contribution in [0.15, 0.2) is 78.9 Å². The summed E-state index contributed by atoms with van der Waals surface area (Å²) in [6.45, 7) is 8.56. The zero-order valence-electron chi connectivity index (χ0n) is 21.2. The average molecular weight is 477 g/mol. The largest absolute Gasteiger partial charge is 0.478 e. The van der Waals surface area contributed by atoms with Crippen LogP contribution in [0.2, 0.25) is 0 Å². The Labute approximate surface area is 212 Å². The van der Waals surface area contributed by atoms with Gasteiger partial charge in [-0.25, -0.2) is 4.79 Å². The fourth-order valence-corrected chi connectivity index (χ4v) is 5.82. The highest BCUT2D eigenvalue weighted by atomic mass is 16.4. The molecule has 4 aromatic rings. The Morgan fingerprint density at radius 1 is 0.694 bits per heavy atom. The predicted octanol–water partition coefficient (Wildman–Crippen LogP) is 7.16. The van der Waals surface area contributed by atoms with Crippen LogP contribution < -0.4 is 11.5 Å². The van der Waals surface area contributed by atoms with Gasteiger partial charge < -0.3 is 16.6 Å². The molecule has 4 heteroatoms. The molecule has 0 amide bonds. The first-order chi connectivity index (χ1) is 17.2. The van der Waals surface area contributed by atoms with E-state index in [0.29, 0.717) is 0 Å². The van der Waals surface area contributed by atoms with Crippen molar-refractivity contribution < 1.29 is 9.90 Å². The van der Waals surface area contributed by atoms with Crippen LogP contribution in [0.3, 0.4) is 0 Å². The molecule has 36 heavy (non-hydrogen) atoms. The second kappa shape index (κ2) is 8.56. The van der Waals surface area contributed by atoms with Crippen molar-refractivity contribution in [2.24, 2.45) is 0 Å². The van der Waals surface area contributed by atoms with E-state index in [4.69, 9.17) is 11.5 Å². The Hall–Kier alpha value is -4.05. The number of anilines is 2. The van der Waals surface area contributed by atoms with Gasteiger partial charge in [-0.2, -0.15) is 0 Å². The minimum Gasteiger partial charge on any atom is -0.478 e. The molecule has 5 N–H and O–H groups in total. The van der Waals surface area contributed by atoms with E-state index < -0.39 is 11.4 Å². The van der Waals surface area contributed by atoms with Crippen LogP contribution in [-0.4, -0.2) is 11.1 Å². The van der Waals surface area contributed by atoms with Gasteiger partial charge in [0.25, 0.3) is 0 Å². The molecule has 0 unspecified atom stereocenters. The molecule has 182 valence electrons. The van der Waals surface area contributed by atoms with Gasteiger partial charge in [0.05, 0.1) is 11.0 Å². The Kier molecular flexibility index (Phi) is 5.63. The number of rotatable bonds is 5. The van der Waals surface area contributed by atoms with Crippen LogP contribution in [0.1, 0.15) is 83.3 Å². The van der Waals surface area contributed by atoms with Crippen molar-refractivity contribution >= 4 is 17.3 Å². The molecule has 0 saturated heterocycles. The maximum absolute atomic E-state index is 12.1. The van der Waals surface area contributed by atoms with E-state index in [0.717, 1.165) is 55.9 Å². The maximum atomic E-state index is 12.1. The summed E-state index contributed by atoms with van der Waals surface area (Å²) in [6, 6.07) is 26.4. The van der Waals surface area contributed by atoms with Gasteiger partial charge >= 0.3 is 5.97 Å². The Balaban J connectivity index is 1.98. The summed E-state index contributed by atoms with van der Waals surface area (Å²) in [7, 11) is 0. The van der Waals surface area contributed by atoms with Gasteiger partial charge in [-0.1, -0.05) is 82.3 Å². The van der Waals surface area contributed by atoms with E-state index in [2.05, 4.69) is 70.2 Å². The van der Waals surface area contributed by atoms with E-state index in [1.165, 1.54) is 0 Å². The third-order valence-electron chi connectivity index (χ3n) is 7.58. The Morgan fingerprint density at radius 3 is 1.75 bits per heavy atom. The molecule has 1 aliphatic carbocycles. The van der Waals surface area contributed by atoms with Gasteiger partial charge in [-0.15, -0.1) is 0 Å². The van der Waals surface area contributed by atoms with Crippen LogP contribution in [0.4, 0.5) is 11.4 Å². The van der Waals surface area contributed by atoms with Gasteiger partial charge in [0.2, 0.25) is 0 Å². The molecule has 5 rings (SSSR count). The SMILES string of the molecule is CC(C)c1cc(C2(c3ccc(N)c(C(C)C)c3)c3ccccc3-c3ccc(C(=O)O)cc32)ccc1N. The second-order valence-corrected chi connectivity index (χ2v) is 10.4. The summed E-state index contributed by atoms with van der Waals surface area (Å²) in [5, 5.41) is 9.92. The Bertz CT molecular complexity index is 1440. The van der Waals surface area contributed by atoms with Crippen LogP contribution in [0.5, 0.6) is 0 Å². The number of fused-ring (bicyclic) bond motifs is 3. The number of hydrogen-bond acceptors (Lipinski definition) is 3. The first kappa shape index (κ1) is 23.7. The van der Waals surface area contributed by atoms with Gasteiger partial charge in [0.1, 0.15) is 0 Å². The molecule has 4 nitrogen and oxygen atoms in total. The van der Waals surface area contributed by atoms with E-state index in [1.807, 2.05) is 30.3 Å². The standard InChI is InChI=1S/C32H32N2O2/c1-18(2)25-16-21(10-13-29(25)33)32(22-11-14-30(34)26(17-22)19(3)4)27-8-6-5-7-23(27)24-12-9-20(31(35)36)15-28(24)32/h5-19H,33-34H2,1-4H3,(H,35,36). The molecule has 0 radical (unpaired) electrons. The van der Waals surface area contributed by atoms with Crippen molar-refractivity contribution in [1.82, 2.24) is 0 Å². The van der Waals surface area contributed by atoms with Gasteiger partial charge in [-0.3, -0.25) is 0 Å². The highest BCUT2D eigenvalue weighted by Crippen LogP contribution is 2.57. The summed E-state index contributed by atoms with van der Waals surface area (Å²) >= 11 is 0. The monoisotopic (exact) mass is 476 g/mol. The zero-order chi connectivity index (χ0) is 25.8. The molecule has 0 aromatic heterocycles. The van der Waals surface area contributed by atoms with Crippen molar-refractivity contribution in [2.75, 3.05) is 11.5 Å². The first-order valence-corrected chi connectivity index (χ1v) is 12.4. The molecule has 0 fully saturated rings. The second-order valence-electron chi connectivity index (χ2n) is 10.4. The lowest BCUT2D eigenvalue weighted by atomic mass is 9.66. The normalized spacial score (nSPS) is 13.6. The van der Waals surface area contributed by atoms with Crippen LogP contribution in [0.25, 0.3) is 11.1 Å². The topological polar surface area (TPSA) is 89.3 Å². The van der Waals surface area contributed by atoms with E-state index in [9.17, 15) is 9.90 Å². The van der Waals surface area contributed by atoms with Gasteiger partial charge in [0.15, 0.2) is 0 Å². The van der Waals surface area contributed by atoms with Crippen LogP contribution >= 0.6 is 0 Å². The number of hydrogen-bond donors (Lipinski definition) is 3. The molecule has 1 aliphatic rings. The van der Waals surface area contributed by atoms with E-state index >= 15 is 0 Å². The van der Waals surface area contributed by atoms with Crippen molar-refractivity contribution in [3.8, 4) is 11.1 Å². The molecule has 0 saturated carbocycles. The summed E-state index contributed by atoms with van der Waals surface area (Å²) in [5.74, 6) is -0.467. The highest BCUT2D eigenvalue weighted by molar-refractivity contribution is 5.93.